The second kappa shape index (κ2) is 8.13. The summed E-state index contributed by atoms with van der Waals surface area (Å²) >= 11 is 0. The number of amides is 1. The van der Waals surface area contributed by atoms with Gasteiger partial charge in [-0.2, -0.15) is 0 Å². The smallest absolute Gasteiger partial charge is 0.495 e. The predicted octanol–water partition coefficient (Wildman–Crippen LogP) is 1.95. The molecule has 3 aromatic rings. The number of carbonyl (C=O) groups excluding carboxylic acids is 1. The van der Waals surface area contributed by atoms with Gasteiger partial charge >= 0.3 is 12.1 Å². The summed E-state index contributed by atoms with van der Waals surface area (Å²) in [7, 11) is 2.77. The number of alkyl halides is 3. The van der Waals surface area contributed by atoms with E-state index < -0.39 is 35.8 Å². The van der Waals surface area contributed by atoms with Gasteiger partial charge in [-0.1, -0.05) is 0 Å². The molecule has 1 N–H and O–H groups in total. The molecule has 0 unspecified atom stereocenters. The number of methoxy groups -OCH3 is 1. The van der Waals surface area contributed by atoms with E-state index in [-0.39, 0.29) is 22.5 Å². The monoisotopic (exact) mass is 438 g/mol. The van der Waals surface area contributed by atoms with Crippen LogP contribution in [0, 0.1) is 6.92 Å². The van der Waals surface area contributed by atoms with Crippen molar-refractivity contribution in [3.8, 4) is 11.5 Å². The number of nitrogens with one attached hydrogen (secondary N) is 1. The molecule has 0 saturated heterocycles. The third kappa shape index (κ3) is 4.52. The van der Waals surface area contributed by atoms with Gasteiger partial charge in [0, 0.05) is 24.5 Å². The molecule has 0 aliphatic carbocycles. The molecule has 2 aromatic heterocycles. The molecule has 0 atom stereocenters. The van der Waals surface area contributed by atoms with E-state index in [4.69, 9.17) is 4.74 Å². The highest BCUT2D eigenvalue weighted by atomic mass is 19.4. The van der Waals surface area contributed by atoms with Crippen LogP contribution in [-0.2, 0) is 18.4 Å². The van der Waals surface area contributed by atoms with Gasteiger partial charge < -0.3 is 14.8 Å². The minimum atomic E-state index is -4.84. The summed E-state index contributed by atoms with van der Waals surface area (Å²) < 4.78 is 47.5. The summed E-state index contributed by atoms with van der Waals surface area (Å²) in [5.41, 5.74) is -0.687. The number of pyridine rings is 1. The molecular weight excluding hydrogens is 421 g/mol. The Morgan fingerprint density at radius 3 is 2.42 bits per heavy atom. The highest BCUT2D eigenvalue weighted by molar-refractivity contribution is 5.91. The molecule has 0 aliphatic heterocycles. The average molecular weight is 438 g/mol. The second-order valence-corrected chi connectivity index (χ2v) is 6.53. The van der Waals surface area contributed by atoms with Crippen LogP contribution < -0.4 is 26.0 Å². The van der Waals surface area contributed by atoms with Crippen LogP contribution in [0.5, 0.6) is 11.5 Å². The third-order valence-corrected chi connectivity index (χ3v) is 4.36. The van der Waals surface area contributed by atoms with Gasteiger partial charge in [-0.3, -0.25) is 14.2 Å². The van der Waals surface area contributed by atoms with Crippen molar-refractivity contribution in [2.45, 2.75) is 19.8 Å². The Morgan fingerprint density at radius 1 is 1.19 bits per heavy atom. The van der Waals surface area contributed by atoms with Crippen LogP contribution >= 0.6 is 0 Å². The summed E-state index contributed by atoms with van der Waals surface area (Å²) in [6, 6.07) is 4.42. The van der Waals surface area contributed by atoms with Gasteiger partial charge in [-0.15, -0.1) is 13.2 Å². The number of hydrogen-bond acceptors (Lipinski definition) is 6. The highest BCUT2D eigenvalue weighted by Crippen LogP contribution is 2.25. The predicted molar refractivity (Wildman–Crippen MR) is 104 cm³/mol. The van der Waals surface area contributed by atoms with Crippen LogP contribution in [0.1, 0.15) is 5.56 Å². The van der Waals surface area contributed by atoms with Gasteiger partial charge in [-0.05, 0) is 31.2 Å². The van der Waals surface area contributed by atoms with Crippen LogP contribution in [0.2, 0.25) is 0 Å². The number of benzene rings is 1. The molecule has 0 bridgehead atoms. The number of fused-ring (bicyclic) bond motifs is 1. The average Bonchev–Trinajstić information content (AvgIpc) is 2.69. The van der Waals surface area contributed by atoms with Crippen LogP contribution in [0.25, 0.3) is 11.0 Å². The third-order valence-electron chi connectivity index (χ3n) is 4.36. The van der Waals surface area contributed by atoms with E-state index in [1.165, 1.54) is 32.5 Å². The lowest BCUT2D eigenvalue weighted by Crippen LogP contribution is -2.42. The largest absolute Gasteiger partial charge is 0.573 e. The Labute approximate surface area is 172 Å². The number of nitrogens with zero attached hydrogens (tertiary/aromatic N) is 3. The molecule has 9 nitrogen and oxygen atoms in total. The molecule has 164 valence electrons. The standard InChI is InChI=1S/C19H17F3N4O5/c1-10-8-23-16-14(15(10)30-3)17(28)26(18(29)25(16)2)9-13(27)24-11-4-6-12(7-5-11)31-19(20,21)22/h4-8H,9H2,1-3H3,(H,24,27). The zero-order valence-corrected chi connectivity index (χ0v) is 16.6. The van der Waals surface area contributed by atoms with Crippen molar-refractivity contribution in [1.29, 1.82) is 0 Å². The van der Waals surface area contributed by atoms with Crippen LogP contribution in [0.15, 0.2) is 40.1 Å². The molecule has 12 heteroatoms. The molecule has 1 aromatic carbocycles. The number of aryl methyl sites for hydroxylation is 2. The van der Waals surface area contributed by atoms with Gasteiger partial charge in [0.2, 0.25) is 5.91 Å². The van der Waals surface area contributed by atoms with Crippen molar-refractivity contribution in [2.75, 3.05) is 12.4 Å². The minimum absolute atomic E-state index is 0.0473. The van der Waals surface area contributed by atoms with E-state index in [2.05, 4.69) is 15.0 Å². The summed E-state index contributed by atoms with van der Waals surface area (Å²) in [4.78, 5) is 42.0. The van der Waals surface area contributed by atoms with E-state index in [9.17, 15) is 27.6 Å². The lowest BCUT2D eigenvalue weighted by atomic mass is 10.2. The van der Waals surface area contributed by atoms with E-state index >= 15 is 0 Å². The molecule has 2 heterocycles. The molecule has 1 amide bonds. The number of rotatable bonds is 5. The highest BCUT2D eigenvalue weighted by Gasteiger charge is 2.31. The van der Waals surface area contributed by atoms with Gasteiger partial charge in [0.1, 0.15) is 23.4 Å². The Bertz CT molecular complexity index is 1260. The summed E-state index contributed by atoms with van der Waals surface area (Å²) in [5.74, 6) is -0.956. The maximum absolute atomic E-state index is 12.9. The van der Waals surface area contributed by atoms with Gasteiger partial charge in [0.15, 0.2) is 5.65 Å². The van der Waals surface area contributed by atoms with E-state index in [0.29, 0.717) is 5.56 Å². The molecule has 31 heavy (non-hydrogen) atoms. The fourth-order valence-corrected chi connectivity index (χ4v) is 3.01. The van der Waals surface area contributed by atoms with E-state index in [0.717, 1.165) is 21.3 Å². The van der Waals surface area contributed by atoms with Crippen LogP contribution in [0.3, 0.4) is 0 Å². The van der Waals surface area contributed by atoms with Crippen molar-refractivity contribution >= 4 is 22.6 Å². The maximum atomic E-state index is 12.9. The SMILES string of the molecule is COc1c(C)cnc2c1c(=O)n(CC(=O)Nc1ccc(OC(F)(F)F)cc1)c(=O)n2C. The first kappa shape index (κ1) is 21.9. The van der Waals surface area contributed by atoms with Gasteiger partial charge in [-0.25, -0.2) is 14.3 Å². The van der Waals surface area contributed by atoms with Crippen molar-refractivity contribution < 1.29 is 27.4 Å². The first-order valence-electron chi connectivity index (χ1n) is 8.80. The lowest BCUT2D eigenvalue weighted by molar-refractivity contribution is -0.274. The van der Waals surface area contributed by atoms with Crippen molar-refractivity contribution in [3.05, 3.63) is 56.9 Å². The molecule has 0 aliphatic rings. The number of halogens is 3. The summed E-state index contributed by atoms with van der Waals surface area (Å²) in [6.07, 6.45) is -3.38. The fraction of sp³-hybridized carbons (Fsp3) is 0.263. The number of ether oxygens (including phenoxy) is 2. The molecule has 0 radical (unpaired) electrons. The molecule has 0 spiro atoms. The summed E-state index contributed by atoms with van der Waals surface area (Å²) in [5, 5.41) is 2.46. The topological polar surface area (TPSA) is 104 Å². The Morgan fingerprint density at radius 2 is 1.84 bits per heavy atom. The van der Waals surface area contributed by atoms with Crippen molar-refractivity contribution in [2.24, 2.45) is 7.05 Å². The van der Waals surface area contributed by atoms with Crippen LogP contribution in [0.4, 0.5) is 18.9 Å². The zero-order valence-electron chi connectivity index (χ0n) is 16.6. The number of hydrogen-bond donors (Lipinski definition) is 1. The fourth-order valence-electron chi connectivity index (χ4n) is 3.01. The molecule has 3 rings (SSSR count). The van der Waals surface area contributed by atoms with E-state index in [1.807, 2.05) is 0 Å². The van der Waals surface area contributed by atoms with Gasteiger partial charge in [0.25, 0.3) is 5.56 Å². The first-order chi connectivity index (χ1) is 14.5. The Kier molecular flexibility index (Phi) is 5.73. The molecule has 0 fully saturated rings. The van der Waals surface area contributed by atoms with E-state index in [1.54, 1.807) is 6.92 Å². The maximum Gasteiger partial charge on any atom is 0.573 e. The zero-order chi connectivity index (χ0) is 22.9. The Balaban J connectivity index is 1.90. The normalized spacial score (nSPS) is 11.4. The first-order valence-corrected chi connectivity index (χ1v) is 8.80. The number of carbonyl (C=O) groups is 1. The number of aromatic nitrogens is 3. The molecule has 0 saturated carbocycles. The Hall–Kier alpha value is -3.83. The lowest BCUT2D eigenvalue weighted by Gasteiger charge is -2.14. The minimum Gasteiger partial charge on any atom is -0.495 e. The van der Waals surface area contributed by atoms with Crippen LogP contribution in [-0.4, -0.2) is 33.5 Å². The van der Waals surface area contributed by atoms with Gasteiger partial charge in [0.05, 0.1) is 7.11 Å². The van der Waals surface area contributed by atoms with Crippen molar-refractivity contribution in [1.82, 2.24) is 14.1 Å². The molecular formula is C19H17F3N4O5. The second-order valence-electron chi connectivity index (χ2n) is 6.53. The number of anilines is 1. The van der Waals surface area contributed by atoms with Crippen molar-refractivity contribution in [3.63, 3.8) is 0 Å². The summed E-state index contributed by atoms with van der Waals surface area (Å²) in [6.45, 7) is 1.05. The quantitative estimate of drug-likeness (QED) is 0.653.